The van der Waals surface area contributed by atoms with E-state index in [4.69, 9.17) is 0 Å². The van der Waals surface area contributed by atoms with Crippen LogP contribution in [0.4, 0.5) is 5.13 Å². The predicted octanol–water partition coefficient (Wildman–Crippen LogP) is 3.61. The first-order chi connectivity index (χ1) is 9.61. The quantitative estimate of drug-likeness (QED) is 0.848. The molecule has 2 heterocycles. The molecule has 0 spiro atoms. The number of hydrogen-bond acceptors (Lipinski definition) is 6. The van der Waals surface area contributed by atoms with Gasteiger partial charge in [0.05, 0.1) is 17.7 Å². The smallest absolute Gasteiger partial charge is 0.185 e. The number of aromatic nitrogens is 2. The first kappa shape index (κ1) is 15.4. The lowest BCUT2D eigenvalue weighted by Crippen LogP contribution is -2.18. The number of hydrogen-bond donors (Lipinski definition) is 1. The van der Waals surface area contributed by atoms with Crippen molar-refractivity contribution in [2.75, 3.05) is 18.5 Å². The summed E-state index contributed by atoms with van der Waals surface area (Å²) in [6.45, 7) is 8.36. The van der Waals surface area contributed by atoms with Crippen LogP contribution in [0.2, 0.25) is 0 Å². The molecule has 0 saturated heterocycles. The van der Waals surface area contributed by atoms with E-state index in [2.05, 4.69) is 48.0 Å². The monoisotopic (exact) mass is 310 g/mol. The van der Waals surface area contributed by atoms with Gasteiger partial charge in [-0.1, -0.05) is 6.92 Å². The van der Waals surface area contributed by atoms with Crippen molar-refractivity contribution in [2.45, 2.75) is 39.8 Å². The molecule has 6 heteroatoms. The van der Waals surface area contributed by atoms with E-state index >= 15 is 0 Å². The van der Waals surface area contributed by atoms with Crippen molar-refractivity contribution in [3.63, 3.8) is 0 Å². The minimum Gasteiger partial charge on any atom is -0.346 e. The van der Waals surface area contributed by atoms with E-state index in [9.17, 15) is 0 Å². The Morgan fingerprint density at radius 1 is 1.40 bits per heavy atom. The third kappa shape index (κ3) is 3.77. The summed E-state index contributed by atoms with van der Waals surface area (Å²) in [5, 5.41) is 4.57. The Morgan fingerprint density at radius 2 is 2.20 bits per heavy atom. The van der Waals surface area contributed by atoms with Crippen LogP contribution in [0, 0.1) is 6.92 Å². The Labute approximate surface area is 128 Å². The van der Waals surface area contributed by atoms with Crippen LogP contribution in [0.3, 0.4) is 0 Å². The normalized spacial score (nSPS) is 12.6. The molecule has 110 valence electrons. The number of thiazole rings is 2. The molecule has 1 N–H and O–H groups in total. The summed E-state index contributed by atoms with van der Waals surface area (Å²) in [6, 6.07) is 0.375. The number of rotatable bonds is 7. The zero-order valence-electron chi connectivity index (χ0n) is 12.5. The second kappa shape index (κ2) is 7.15. The van der Waals surface area contributed by atoms with E-state index in [-0.39, 0.29) is 0 Å². The van der Waals surface area contributed by atoms with Crippen LogP contribution in [0.15, 0.2) is 11.7 Å². The van der Waals surface area contributed by atoms with Crippen LogP contribution in [0.1, 0.15) is 41.8 Å². The largest absolute Gasteiger partial charge is 0.346 e. The van der Waals surface area contributed by atoms with Gasteiger partial charge in [-0.2, -0.15) is 0 Å². The molecule has 1 atom stereocenters. The van der Waals surface area contributed by atoms with Crippen LogP contribution in [-0.4, -0.2) is 23.6 Å². The Morgan fingerprint density at radius 3 is 2.85 bits per heavy atom. The van der Waals surface area contributed by atoms with Crippen LogP contribution < -0.4 is 10.2 Å². The van der Waals surface area contributed by atoms with Crippen molar-refractivity contribution in [3.8, 4) is 0 Å². The molecular weight excluding hydrogens is 288 g/mol. The summed E-state index contributed by atoms with van der Waals surface area (Å²) in [4.78, 5) is 13.6. The van der Waals surface area contributed by atoms with Gasteiger partial charge in [0.2, 0.25) is 0 Å². The van der Waals surface area contributed by atoms with E-state index in [1.165, 1.54) is 9.75 Å². The molecular formula is C14H22N4S2. The fourth-order valence-electron chi connectivity index (χ4n) is 1.88. The molecule has 0 saturated carbocycles. The Kier molecular flexibility index (Phi) is 5.51. The van der Waals surface area contributed by atoms with Gasteiger partial charge in [-0.25, -0.2) is 9.97 Å². The molecule has 0 aliphatic heterocycles. The van der Waals surface area contributed by atoms with Gasteiger partial charge in [0, 0.05) is 29.0 Å². The lowest BCUT2D eigenvalue weighted by molar-refractivity contribution is 0.577. The second-order valence-electron chi connectivity index (χ2n) is 4.94. The van der Waals surface area contributed by atoms with Crippen LogP contribution in [-0.2, 0) is 6.54 Å². The first-order valence-corrected chi connectivity index (χ1v) is 8.60. The molecule has 2 aromatic heterocycles. The SMILES string of the molecule is CCCNC(C)c1cnc(N(C)Cc2scnc2C)s1. The van der Waals surface area contributed by atoms with Crippen LogP contribution in [0.25, 0.3) is 0 Å². The van der Waals surface area contributed by atoms with Gasteiger partial charge in [0.1, 0.15) is 0 Å². The number of nitrogens with zero attached hydrogens (tertiary/aromatic N) is 3. The fourth-order valence-corrected chi connectivity index (χ4v) is 3.61. The van der Waals surface area contributed by atoms with E-state index in [1.807, 2.05) is 11.7 Å². The standard InChI is InChI=1S/C14H22N4S2/c1-5-6-15-10(2)12-7-16-14(20-12)18(4)8-13-11(3)17-9-19-13/h7,9-10,15H,5-6,8H2,1-4H3. The minimum absolute atomic E-state index is 0.375. The van der Waals surface area contributed by atoms with E-state index < -0.39 is 0 Å². The van der Waals surface area contributed by atoms with Crippen molar-refractivity contribution in [1.82, 2.24) is 15.3 Å². The molecule has 2 aromatic rings. The highest BCUT2D eigenvalue weighted by Crippen LogP contribution is 2.28. The van der Waals surface area contributed by atoms with Gasteiger partial charge in [-0.3, -0.25) is 0 Å². The molecule has 1 unspecified atom stereocenters. The maximum absolute atomic E-state index is 4.54. The van der Waals surface area contributed by atoms with Gasteiger partial charge in [-0.05, 0) is 26.8 Å². The van der Waals surface area contributed by atoms with E-state index in [0.29, 0.717) is 6.04 Å². The summed E-state index contributed by atoms with van der Waals surface area (Å²) in [5.74, 6) is 0. The Balaban J connectivity index is 1.99. The highest BCUT2D eigenvalue weighted by atomic mass is 32.1. The number of nitrogens with one attached hydrogen (secondary N) is 1. The van der Waals surface area contributed by atoms with Crippen molar-refractivity contribution in [1.29, 1.82) is 0 Å². The van der Waals surface area contributed by atoms with Gasteiger partial charge in [0.25, 0.3) is 0 Å². The Bertz CT molecular complexity index is 535. The Hall–Kier alpha value is -0.980. The third-order valence-corrected chi connectivity index (χ3v) is 5.41. The molecule has 4 nitrogen and oxygen atoms in total. The molecule has 0 aliphatic rings. The van der Waals surface area contributed by atoms with Crippen molar-refractivity contribution >= 4 is 27.8 Å². The molecule has 0 radical (unpaired) electrons. The van der Waals surface area contributed by atoms with Crippen LogP contribution in [0.5, 0.6) is 0 Å². The van der Waals surface area contributed by atoms with Gasteiger partial charge in [-0.15, -0.1) is 22.7 Å². The minimum atomic E-state index is 0.375. The molecule has 0 aliphatic carbocycles. The highest BCUT2D eigenvalue weighted by Gasteiger charge is 2.13. The summed E-state index contributed by atoms with van der Waals surface area (Å²) in [7, 11) is 2.09. The summed E-state index contributed by atoms with van der Waals surface area (Å²) < 4.78 is 0. The lowest BCUT2D eigenvalue weighted by Gasteiger charge is -2.15. The van der Waals surface area contributed by atoms with E-state index in [0.717, 1.165) is 30.3 Å². The first-order valence-electron chi connectivity index (χ1n) is 6.91. The zero-order valence-corrected chi connectivity index (χ0v) is 14.1. The number of anilines is 1. The number of aryl methyl sites for hydroxylation is 1. The summed E-state index contributed by atoms with van der Waals surface area (Å²) in [5.41, 5.74) is 3.03. The van der Waals surface area contributed by atoms with Crippen molar-refractivity contribution in [3.05, 3.63) is 27.2 Å². The average molecular weight is 310 g/mol. The predicted molar refractivity (Wildman–Crippen MR) is 87.8 cm³/mol. The van der Waals surface area contributed by atoms with Gasteiger partial charge < -0.3 is 10.2 Å². The van der Waals surface area contributed by atoms with Crippen molar-refractivity contribution < 1.29 is 0 Å². The maximum atomic E-state index is 4.54. The summed E-state index contributed by atoms with van der Waals surface area (Å²) >= 11 is 3.47. The lowest BCUT2D eigenvalue weighted by atomic mass is 10.3. The van der Waals surface area contributed by atoms with Gasteiger partial charge >= 0.3 is 0 Å². The topological polar surface area (TPSA) is 41.1 Å². The second-order valence-corrected chi connectivity index (χ2v) is 6.92. The third-order valence-electron chi connectivity index (χ3n) is 3.19. The molecule has 20 heavy (non-hydrogen) atoms. The maximum Gasteiger partial charge on any atom is 0.185 e. The molecule has 0 bridgehead atoms. The fraction of sp³-hybridized carbons (Fsp3) is 0.571. The van der Waals surface area contributed by atoms with Gasteiger partial charge in [0.15, 0.2) is 5.13 Å². The molecule has 0 aromatic carbocycles. The summed E-state index contributed by atoms with van der Waals surface area (Å²) in [6.07, 6.45) is 3.14. The molecule has 0 fully saturated rings. The zero-order chi connectivity index (χ0) is 14.5. The van der Waals surface area contributed by atoms with Crippen LogP contribution >= 0.6 is 22.7 Å². The van der Waals surface area contributed by atoms with E-state index in [1.54, 1.807) is 22.7 Å². The average Bonchev–Trinajstić information content (AvgIpc) is 3.06. The van der Waals surface area contributed by atoms with Crippen molar-refractivity contribution in [2.24, 2.45) is 0 Å². The highest BCUT2D eigenvalue weighted by molar-refractivity contribution is 7.15. The molecule has 2 rings (SSSR count). The molecule has 0 amide bonds.